The van der Waals surface area contributed by atoms with Gasteiger partial charge in [0.1, 0.15) is 23.9 Å². The predicted molar refractivity (Wildman–Crippen MR) is 124 cm³/mol. The lowest BCUT2D eigenvalue weighted by Crippen LogP contribution is -2.34. The smallest absolute Gasteiger partial charge is 0.405 e. The van der Waals surface area contributed by atoms with Crippen LogP contribution in [0.25, 0.3) is 21.8 Å². The van der Waals surface area contributed by atoms with Crippen molar-refractivity contribution in [3.8, 4) is 5.75 Å². The van der Waals surface area contributed by atoms with E-state index in [2.05, 4.69) is 30.8 Å². The first-order chi connectivity index (χ1) is 16.9. The Hall–Kier alpha value is -3.93. The number of fused-ring (bicyclic) bond motifs is 2. The fourth-order valence-corrected chi connectivity index (χ4v) is 3.99. The normalized spacial score (nSPS) is 14.8. The highest BCUT2D eigenvalue weighted by atomic mass is 19.4. The van der Waals surface area contributed by atoms with E-state index in [0.29, 0.717) is 27.9 Å². The van der Waals surface area contributed by atoms with Gasteiger partial charge in [0.15, 0.2) is 0 Å². The summed E-state index contributed by atoms with van der Waals surface area (Å²) in [5.41, 5.74) is 1.56. The predicted octanol–water partition coefficient (Wildman–Crippen LogP) is 3.67. The molecule has 3 heterocycles. The average molecular weight is 485 g/mol. The number of piperidine rings is 1. The van der Waals surface area contributed by atoms with Crippen LogP contribution in [0.5, 0.6) is 5.75 Å². The molecule has 0 spiro atoms. The summed E-state index contributed by atoms with van der Waals surface area (Å²) in [4.78, 5) is 21.4. The van der Waals surface area contributed by atoms with E-state index in [1.54, 1.807) is 12.3 Å². The van der Waals surface area contributed by atoms with Gasteiger partial charge in [-0.3, -0.25) is 9.89 Å². The highest BCUT2D eigenvalue weighted by molar-refractivity contribution is 6.07. The Morgan fingerprint density at radius 1 is 1.17 bits per heavy atom. The number of para-hydroxylation sites is 1. The Morgan fingerprint density at radius 3 is 2.80 bits per heavy atom. The number of hydrogen-bond acceptors (Lipinski definition) is 7. The number of nitrogens with zero attached hydrogens (tertiary/aromatic N) is 3. The van der Waals surface area contributed by atoms with E-state index in [1.807, 2.05) is 23.5 Å². The minimum atomic E-state index is -4.52. The average Bonchev–Trinajstić information content (AvgIpc) is 3.31. The van der Waals surface area contributed by atoms with Crippen LogP contribution in [0.4, 0.5) is 24.8 Å². The maximum Gasteiger partial charge on any atom is 0.405 e. The zero-order chi connectivity index (χ0) is 24.4. The van der Waals surface area contributed by atoms with Gasteiger partial charge in [0, 0.05) is 22.7 Å². The van der Waals surface area contributed by atoms with Crippen LogP contribution >= 0.6 is 0 Å². The van der Waals surface area contributed by atoms with Crippen molar-refractivity contribution in [2.75, 3.05) is 25.0 Å². The molecule has 12 heteroatoms. The molecule has 35 heavy (non-hydrogen) atoms. The van der Waals surface area contributed by atoms with Crippen molar-refractivity contribution in [1.82, 2.24) is 30.8 Å². The number of aromatic nitrogens is 4. The standard InChI is InChI=1S/C23H22F3N7O2/c24-23(25,26)12-29-21(34)16-8-14(9-18-17(16)11-30-33-18)31-22-28-10-13-2-1-3-19(20(13)32-22)35-15-4-6-27-7-5-15/h1-3,8-11,15,27H,4-7,12H2,(H,29,34)(H,30,33)(H,28,31,32). The second-order valence-electron chi connectivity index (χ2n) is 8.23. The Balaban J connectivity index is 1.43. The van der Waals surface area contributed by atoms with Crippen molar-refractivity contribution in [1.29, 1.82) is 0 Å². The Kier molecular flexibility index (Phi) is 6.12. The molecule has 0 unspecified atom stereocenters. The van der Waals surface area contributed by atoms with Crippen molar-refractivity contribution in [2.24, 2.45) is 0 Å². The monoisotopic (exact) mass is 485 g/mol. The number of amides is 1. The van der Waals surface area contributed by atoms with Crippen LogP contribution in [0, 0.1) is 0 Å². The van der Waals surface area contributed by atoms with Gasteiger partial charge in [0.2, 0.25) is 5.95 Å². The summed E-state index contributed by atoms with van der Waals surface area (Å²) in [5, 5.41) is 16.1. The third kappa shape index (κ3) is 5.27. The maximum atomic E-state index is 12.6. The number of carbonyl (C=O) groups excluding carboxylic acids is 1. The molecule has 0 bridgehead atoms. The number of alkyl halides is 3. The molecular formula is C23H22F3N7O2. The lowest BCUT2D eigenvalue weighted by molar-refractivity contribution is -0.123. The summed E-state index contributed by atoms with van der Waals surface area (Å²) >= 11 is 0. The first-order valence-electron chi connectivity index (χ1n) is 11.1. The summed E-state index contributed by atoms with van der Waals surface area (Å²) in [6, 6.07) is 8.74. The molecule has 1 saturated heterocycles. The number of benzene rings is 2. The first-order valence-corrected chi connectivity index (χ1v) is 11.1. The zero-order valence-corrected chi connectivity index (χ0v) is 18.4. The van der Waals surface area contributed by atoms with Crippen molar-refractivity contribution in [2.45, 2.75) is 25.1 Å². The summed E-state index contributed by atoms with van der Waals surface area (Å²) in [6.45, 7) is 0.356. The van der Waals surface area contributed by atoms with Crippen LogP contribution in [-0.2, 0) is 0 Å². The Morgan fingerprint density at radius 2 is 2.00 bits per heavy atom. The van der Waals surface area contributed by atoms with Crippen LogP contribution in [-0.4, -0.2) is 58.0 Å². The molecule has 9 nitrogen and oxygen atoms in total. The molecule has 0 radical (unpaired) electrons. The van der Waals surface area contributed by atoms with Crippen molar-refractivity contribution in [3.05, 3.63) is 48.3 Å². The molecule has 5 rings (SSSR count). The summed E-state index contributed by atoms with van der Waals surface area (Å²) in [6.07, 6.45) is 0.415. The molecule has 182 valence electrons. The molecule has 1 amide bonds. The van der Waals surface area contributed by atoms with E-state index in [0.717, 1.165) is 31.3 Å². The molecule has 2 aromatic carbocycles. The van der Waals surface area contributed by atoms with E-state index in [9.17, 15) is 18.0 Å². The molecule has 4 aromatic rings. The van der Waals surface area contributed by atoms with Gasteiger partial charge in [0.25, 0.3) is 5.91 Å². The molecule has 0 aliphatic carbocycles. The number of aromatic amines is 1. The molecule has 1 aliphatic rings. The largest absolute Gasteiger partial charge is 0.488 e. The van der Waals surface area contributed by atoms with Gasteiger partial charge in [-0.1, -0.05) is 12.1 Å². The lowest BCUT2D eigenvalue weighted by Gasteiger charge is -2.24. The lowest BCUT2D eigenvalue weighted by atomic mass is 10.1. The van der Waals surface area contributed by atoms with Gasteiger partial charge in [-0.05, 0) is 44.1 Å². The van der Waals surface area contributed by atoms with Gasteiger partial charge in [-0.15, -0.1) is 0 Å². The summed E-state index contributed by atoms with van der Waals surface area (Å²) in [7, 11) is 0. The SMILES string of the molecule is O=C(NCC(F)(F)F)c1cc(Nc2ncc3cccc(OC4CCNCC4)c3n2)cc2[nH]ncc12. The quantitative estimate of drug-likeness (QED) is 0.329. The van der Waals surface area contributed by atoms with Gasteiger partial charge in [0.05, 0.1) is 17.3 Å². The summed E-state index contributed by atoms with van der Waals surface area (Å²) < 4.78 is 44.0. The van der Waals surface area contributed by atoms with E-state index >= 15 is 0 Å². The van der Waals surface area contributed by atoms with E-state index in [4.69, 9.17) is 4.74 Å². The molecular weight excluding hydrogens is 463 g/mol. The van der Waals surface area contributed by atoms with Crippen LogP contribution < -0.4 is 20.7 Å². The van der Waals surface area contributed by atoms with Crippen LogP contribution in [0.15, 0.2) is 42.7 Å². The first kappa shape index (κ1) is 22.8. The van der Waals surface area contributed by atoms with Crippen LogP contribution in [0.3, 0.4) is 0 Å². The highest BCUT2D eigenvalue weighted by Gasteiger charge is 2.28. The Bertz CT molecular complexity index is 1370. The fraction of sp³-hybridized carbons (Fsp3) is 0.304. The Labute approximate surface area is 197 Å². The zero-order valence-electron chi connectivity index (χ0n) is 18.4. The third-order valence-electron chi connectivity index (χ3n) is 5.66. The van der Waals surface area contributed by atoms with Gasteiger partial charge in [-0.25, -0.2) is 9.97 Å². The van der Waals surface area contributed by atoms with Gasteiger partial charge < -0.3 is 20.7 Å². The highest BCUT2D eigenvalue weighted by Crippen LogP contribution is 2.29. The number of anilines is 2. The number of hydrogen-bond donors (Lipinski definition) is 4. The van der Waals surface area contributed by atoms with Crippen molar-refractivity contribution < 1.29 is 22.7 Å². The van der Waals surface area contributed by atoms with Crippen LogP contribution in [0.1, 0.15) is 23.2 Å². The fourth-order valence-electron chi connectivity index (χ4n) is 3.99. The second kappa shape index (κ2) is 9.37. The van der Waals surface area contributed by atoms with Crippen molar-refractivity contribution >= 4 is 39.3 Å². The van der Waals surface area contributed by atoms with Crippen LogP contribution in [0.2, 0.25) is 0 Å². The van der Waals surface area contributed by atoms with Crippen molar-refractivity contribution in [3.63, 3.8) is 0 Å². The maximum absolute atomic E-state index is 12.6. The molecule has 2 aromatic heterocycles. The number of H-pyrrole nitrogens is 1. The molecule has 0 atom stereocenters. The van der Waals surface area contributed by atoms with Gasteiger partial charge >= 0.3 is 6.18 Å². The third-order valence-corrected chi connectivity index (χ3v) is 5.66. The summed E-state index contributed by atoms with van der Waals surface area (Å²) in [5.74, 6) is 0.0323. The minimum absolute atomic E-state index is 0.0405. The number of ether oxygens (including phenoxy) is 1. The molecule has 4 N–H and O–H groups in total. The molecule has 1 fully saturated rings. The van der Waals surface area contributed by atoms with E-state index < -0.39 is 18.6 Å². The topological polar surface area (TPSA) is 117 Å². The molecule has 0 saturated carbocycles. The van der Waals surface area contributed by atoms with E-state index in [-0.39, 0.29) is 17.6 Å². The number of halogens is 3. The van der Waals surface area contributed by atoms with E-state index in [1.165, 1.54) is 12.3 Å². The van der Waals surface area contributed by atoms with Gasteiger partial charge in [-0.2, -0.15) is 18.3 Å². The second-order valence-corrected chi connectivity index (χ2v) is 8.23. The number of nitrogens with one attached hydrogen (secondary N) is 4. The number of carbonyl (C=O) groups is 1. The molecule has 1 aliphatic heterocycles. The minimum Gasteiger partial charge on any atom is -0.488 e. The number of rotatable bonds is 6.